The first-order valence-electron chi connectivity index (χ1n) is 11.9. The van der Waals surface area contributed by atoms with Gasteiger partial charge in [0.25, 0.3) is 0 Å². The molecule has 0 bridgehead atoms. The largest absolute Gasteiger partial charge is 0.494 e. The fourth-order valence-electron chi connectivity index (χ4n) is 4.19. The summed E-state index contributed by atoms with van der Waals surface area (Å²) >= 11 is 0. The Balaban J connectivity index is 1.43. The first-order valence-corrected chi connectivity index (χ1v) is 11.9. The van der Waals surface area contributed by atoms with Crippen LogP contribution in [-0.4, -0.2) is 48.6 Å². The predicted molar refractivity (Wildman–Crippen MR) is 130 cm³/mol. The summed E-state index contributed by atoms with van der Waals surface area (Å²) in [6.45, 7) is 6.76. The van der Waals surface area contributed by atoms with Gasteiger partial charge < -0.3 is 9.47 Å². The molecule has 0 unspecified atom stereocenters. The van der Waals surface area contributed by atoms with Crippen LogP contribution >= 0.6 is 0 Å². The maximum atomic E-state index is 13.3. The van der Waals surface area contributed by atoms with Crippen molar-refractivity contribution in [3.63, 3.8) is 0 Å². The molecule has 178 valence electrons. The maximum absolute atomic E-state index is 13.3. The second-order valence-electron chi connectivity index (χ2n) is 8.52. The van der Waals surface area contributed by atoms with E-state index >= 15 is 0 Å². The van der Waals surface area contributed by atoms with Gasteiger partial charge in [-0.2, -0.15) is 0 Å². The number of benzene rings is 2. The van der Waals surface area contributed by atoms with Crippen molar-refractivity contribution < 1.29 is 18.7 Å². The molecule has 1 saturated heterocycles. The van der Waals surface area contributed by atoms with E-state index in [1.54, 1.807) is 6.07 Å². The van der Waals surface area contributed by atoms with Crippen LogP contribution in [0.5, 0.6) is 5.75 Å². The van der Waals surface area contributed by atoms with Gasteiger partial charge in [-0.15, -0.1) is 0 Å². The Kier molecular flexibility index (Phi) is 8.39. The molecule has 34 heavy (non-hydrogen) atoms. The Morgan fingerprint density at radius 2 is 1.97 bits per heavy atom. The Morgan fingerprint density at radius 1 is 1.12 bits per heavy atom. The molecule has 1 aliphatic heterocycles. The molecule has 0 radical (unpaired) electrons. The first-order chi connectivity index (χ1) is 16.6. The normalized spacial score (nSPS) is 14.2. The van der Waals surface area contributed by atoms with Crippen molar-refractivity contribution in [1.29, 1.82) is 0 Å². The summed E-state index contributed by atoms with van der Waals surface area (Å²) in [5.74, 6) is 0.686. The van der Waals surface area contributed by atoms with Gasteiger partial charge in [0.1, 0.15) is 17.3 Å². The van der Waals surface area contributed by atoms with Gasteiger partial charge in [-0.3, -0.25) is 14.7 Å². The van der Waals surface area contributed by atoms with Crippen molar-refractivity contribution in [1.82, 2.24) is 9.88 Å². The van der Waals surface area contributed by atoms with Crippen LogP contribution in [0.15, 0.2) is 60.8 Å². The lowest BCUT2D eigenvalue weighted by Gasteiger charge is -2.27. The van der Waals surface area contributed by atoms with Crippen molar-refractivity contribution in [2.45, 2.75) is 32.7 Å². The van der Waals surface area contributed by atoms with Crippen LogP contribution < -0.4 is 4.74 Å². The number of aromatic nitrogens is 1. The van der Waals surface area contributed by atoms with Crippen LogP contribution in [0.4, 0.5) is 4.39 Å². The van der Waals surface area contributed by atoms with Crippen molar-refractivity contribution in [2.24, 2.45) is 0 Å². The number of Topliss-reactive ketones (excluding diaryl/α,β-unsaturated/α-hetero) is 1. The van der Waals surface area contributed by atoms with Crippen LogP contribution in [-0.2, 0) is 28.9 Å². The van der Waals surface area contributed by atoms with Gasteiger partial charge in [-0.05, 0) is 60.4 Å². The number of ether oxygens (including phenoxy) is 2. The zero-order valence-electron chi connectivity index (χ0n) is 19.6. The summed E-state index contributed by atoms with van der Waals surface area (Å²) in [7, 11) is 0. The number of pyridine rings is 1. The van der Waals surface area contributed by atoms with Crippen molar-refractivity contribution in [3.05, 3.63) is 83.4 Å². The van der Waals surface area contributed by atoms with Gasteiger partial charge >= 0.3 is 0 Å². The zero-order chi connectivity index (χ0) is 23.8. The van der Waals surface area contributed by atoms with E-state index in [1.807, 2.05) is 37.4 Å². The van der Waals surface area contributed by atoms with Crippen LogP contribution in [0.25, 0.3) is 11.1 Å². The Bertz CT molecular complexity index is 1100. The molecule has 3 aromatic rings. The topological polar surface area (TPSA) is 51.7 Å². The summed E-state index contributed by atoms with van der Waals surface area (Å²) in [6, 6.07) is 16.5. The first kappa shape index (κ1) is 24.0. The van der Waals surface area contributed by atoms with E-state index in [-0.39, 0.29) is 18.0 Å². The second kappa shape index (κ2) is 11.9. The maximum Gasteiger partial charge on any atom is 0.139 e. The molecule has 0 amide bonds. The van der Waals surface area contributed by atoms with Gasteiger partial charge in [0, 0.05) is 49.9 Å². The highest BCUT2D eigenvalue weighted by Crippen LogP contribution is 2.29. The van der Waals surface area contributed by atoms with E-state index in [2.05, 4.69) is 22.0 Å². The van der Waals surface area contributed by atoms with Crippen LogP contribution in [0, 0.1) is 5.82 Å². The lowest BCUT2D eigenvalue weighted by atomic mass is 9.99. The van der Waals surface area contributed by atoms with Crippen LogP contribution in [0.1, 0.15) is 30.2 Å². The number of hydrogen-bond acceptors (Lipinski definition) is 5. The number of hydrogen-bond donors (Lipinski definition) is 0. The van der Waals surface area contributed by atoms with E-state index in [9.17, 15) is 9.18 Å². The summed E-state index contributed by atoms with van der Waals surface area (Å²) in [5, 5.41) is 0. The summed E-state index contributed by atoms with van der Waals surface area (Å²) in [5.41, 5.74) is 4.90. The van der Waals surface area contributed by atoms with Crippen LogP contribution in [0.2, 0.25) is 0 Å². The molecular weight excluding hydrogens is 431 g/mol. The average molecular weight is 463 g/mol. The number of aryl methyl sites for hydroxylation is 1. The average Bonchev–Trinajstić information content (AvgIpc) is 2.85. The van der Waals surface area contributed by atoms with Gasteiger partial charge in [0.15, 0.2) is 0 Å². The highest BCUT2D eigenvalue weighted by Gasteiger charge is 2.15. The molecule has 1 aliphatic rings. The summed E-state index contributed by atoms with van der Waals surface area (Å²) in [4.78, 5) is 19.4. The number of halogens is 1. The molecule has 0 saturated carbocycles. The number of nitrogens with zero attached hydrogens (tertiary/aromatic N) is 2. The smallest absolute Gasteiger partial charge is 0.139 e. The minimum Gasteiger partial charge on any atom is -0.494 e. The molecule has 0 N–H and O–H groups in total. The van der Waals surface area contributed by atoms with E-state index in [1.165, 1.54) is 17.7 Å². The van der Waals surface area contributed by atoms with Crippen molar-refractivity contribution in [3.8, 4) is 16.9 Å². The Morgan fingerprint density at radius 3 is 2.71 bits per heavy atom. The van der Waals surface area contributed by atoms with E-state index in [4.69, 9.17) is 9.47 Å². The van der Waals surface area contributed by atoms with Gasteiger partial charge in [-0.1, -0.05) is 24.3 Å². The molecule has 5 nitrogen and oxygen atoms in total. The van der Waals surface area contributed by atoms with Crippen molar-refractivity contribution >= 4 is 5.78 Å². The van der Waals surface area contributed by atoms with E-state index < -0.39 is 0 Å². The molecule has 0 aliphatic carbocycles. The molecule has 6 heteroatoms. The summed E-state index contributed by atoms with van der Waals surface area (Å²) < 4.78 is 24.5. The molecule has 4 rings (SSSR count). The third-order valence-electron chi connectivity index (χ3n) is 5.98. The predicted octanol–water partition coefficient (Wildman–Crippen LogP) is 4.86. The van der Waals surface area contributed by atoms with Gasteiger partial charge in [0.2, 0.25) is 0 Å². The quantitative estimate of drug-likeness (QED) is 0.431. The molecular formula is C28H31FN2O3. The second-order valence-corrected chi connectivity index (χ2v) is 8.52. The molecule has 0 spiro atoms. The fourth-order valence-corrected chi connectivity index (χ4v) is 4.19. The molecule has 0 atom stereocenters. The third kappa shape index (κ3) is 6.72. The number of carbonyl (C=O) groups is 1. The third-order valence-corrected chi connectivity index (χ3v) is 5.98. The number of carbonyl (C=O) groups excluding carboxylic acids is 1. The standard InChI is InChI=1S/C28H31FN2O3/c1-2-34-27-10-11-28(23(17-27)20-31-12-14-33-15-13-31)22-7-8-25(30-19-22)18-26(32)9-6-21-4-3-5-24(29)16-21/h3-5,7-8,10-11,16-17,19H,2,6,9,12-15,18,20H2,1H3. The summed E-state index contributed by atoms with van der Waals surface area (Å²) in [6.07, 6.45) is 3.02. The molecule has 1 fully saturated rings. The fraction of sp³-hybridized carbons (Fsp3) is 0.357. The van der Waals surface area contributed by atoms with Crippen molar-refractivity contribution in [2.75, 3.05) is 32.9 Å². The van der Waals surface area contributed by atoms with E-state index in [0.717, 1.165) is 61.0 Å². The SMILES string of the molecule is CCOc1ccc(-c2ccc(CC(=O)CCc3cccc(F)c3)nc2)c(CN2CCOCC2)c1. The van der Waals surface area contributed by atoms with E-state index in [0.29, 0.717) is 19.4 Å². The lowest BCUT2D eigenvalue weighted by molar-refractivity contribution is -0.118. The highest BCUT2D eigenvalue weighted by atomic mass is 19.1. The molecule has 2 heterocycles. The van der Waals surface area contributed by atoms with Gasteiger partial charge in [0.05, 0.1) is 19.8 Å². The molecule has 1 aromatic heterocycles. The Hall–Kier alpha value is -3.09. The number of ketones is 1. The van der Waals surface area contributed by atoms with Crippen LogP contribution in [0.3, 0.4) is 0 Å². The number of morpholine rings is 1. The minimum absolute atomic E-state index is 0.0959. The molecule has 2 aromatic carbocycles. The lowest BCUT2D eigenvalue weighted by Crippen LogP contribution is -2.35. The highest BCUT2D eigenvalue weighted by molar-refractivity contribution is 5.80. The Labute approximate surface area is 200 Å². The van der Waals surface area contributed by atoms with Gasteiger partial charge in [-0.25, -0.2) is 4.39 Å². The minimum atomic E-state index is -0.274. The monoisotopic (exact) mass is 462 g/mol. The number of rotatable bonds is 10. The zero-order valence-corrected chi connectivity index (χ0v) is 19.6.